The second-order valence-electron chi connectivity index (χ2n) is 5.68. The number of hydrogen-bond acceptors (Lipinski definition) is 3. The van der Waals surface area contributed by atoms with Crippen LogP contribution in [0.1, 0.15) is 28.9 Å². The zero-order valence-corrected chi connectivity index (χ0v) is 15.3. The average Bonchev–Trinajstić information content (AvgIpc) is 2.63. The molecule has 1 atom stereocenters. The number of carbonyl (C=O) groups excluding carboxylic acids is 2. The molecule has 0 spiro atoms. The maximum Gasteiger partial charge on any atom is 0.255 e. The van der Waals surface area contributed by atoms with Crippen LogP contribution in [0.4, 0.5) is 10.1 Å². The Kier molecular flexibility index (Phi) is 7.41. The van der Waals surface area contributed by atoms with Gasteiger partial charge >= 0.3 is 0 Å². The maximum absolute atomic E-state index is 12.9. The second kappa shape index (κ2) is 9.77. The van der Waals surface area contributed by atoms with Crippen molar-refractivity contribution in [2.75, 3.05) is 16.8 Å². The van der Waals surface area contributed by atoms with Gasteiger partial charge in [-0.1, -0.05) is 18.2 Å². The first-order valence-corrected chi connectivity index (χ1v) is 9.30. The highest BCUT2D eigenvalue weighted by Crippen LogP contribution is 2.17. The lowest BCUT2D eigenvalue weighted by Crippen LogP contribution is -2.28. The summed E-state index contributed by atoms with van der Waals surface area (Å²) in [5.74, 6) is 0.410. The van der Waals surface area contributed by atoms with Gasteiger partial charge in [0.25, 0.3) is 5.91 Å². The molecule has 0 fully saturated rings. The lowest BCUT2D eigenvalue weighted by Gasteiger charge is -2.15. The molecule has 0 heterocycles. The molecule has 0 aliphatic heterocycles. The summed E-state index contributed by atoms with van der Waals surface area (Å²) >= 11 is 1.51. The van der Waals surface area contributed by atoms with E-state index in [4.69, 9.17) is 0 Å². The quantitative estimate of drug-likeness (QED) is 0.540. The van der Waals surface area contributed by atoms with E-state index in [0.29, 0.717) is 17.0 Å². The van der Waals surface area contributed by atoms with E-state index in [9.17, 15) is 14.0 Å². The number of benzene rings is 2. The SMILES string of the molecule is C=CCSCC(=O)NC(C)c1ccc(NC(=O)c2ccc(F)cc2)cc1. The number of hydrogen-bond donors (Lipinski definition) is 2. The summed E-state index contributed by atoms with van der Waals surface area (Å²) in [5.41, 5.74) is 1.95. The third kappa shape index (κ3) is 6.04. The molecule has 1 unspecified atom stereocenters. The van der Waals surface area contributed by atoms with Crippen LogP contribution in [0.3, 0.4) is 0 Å². The normalized spacial score (nSPS) is 11.5. The van der Waals surface area contributed by atoms with E-state index in [1.54, 1.807) is 18.2 Å². The van der Waals surface area contributed by atoms with E-state index in [-0.39, 0.29) is 23.7 Å². The average molecular weight is 372 g/mol. The number of amides is 2. The van der Waals surface area contributed by atoms with Gasteiger partial charge in [0.1, 0.15) is 5.82 Å². The first-order chi connectivity index (χ1) is 12.5. The molecule has 136 valence electrons. The topological polar surface area (TPSA) is 58.2 Å². The van der Waals surface area contributed by atoms with Gasteiger partial charge in [-0.3, -0.25) is 9.59 Å². The van der Waals surface area contributed by atoms with Crippen LogP contribution in [-0.4, -0.2) is 23.3 Å². The van der Waals surface area contributed by atoms with Crippen LogP contribution < -0.4 is 10.6 Å². The minimum atomic E-state index is -0.384. The zero-order valence-electron chi connectivity index (χ0n) is 14.5. The van der Waals surface area contributed by atoms with Crippen molar-refractivity contribution in [2.24, 2.45) is 0 Å². The first-order valence-electron chi connectivity index (χ1n) is 8.14. The number of rotatable bonds is 8. The van der Waals surface area contributed by atoms with Crippen molar-refractivity contribution in [3.63, 3.8) is 0 Å². The standard InChI is InChI=1S/C20H21FN2O2S/c1-3-12-26-13-19(24)22-14(2)15-6-10-18(11-7-15)23-20(25)16-4-8-17(21)9-5-16/h3-11,14H,1,12-13H2,2H3,(H,22,24)(H,23,25). The third-order valence-electron chi connectivity index (χ3n) is 3.62. The molecule has 6 heteroatoms. The van der Waals surface area contributed by atoms with Crippen LogP contribution >= 0.6 is 11.8 Å². The minimum Gasteiger partial charge on any atom is -0.349 e. The van der Waals surface area contributed by atoms with Crippen molar-refractivity contribution < 1.29 is 14.0 Å². The van der Waals surface area contributed by atoms with Gasteiger partial charge in [0.15, 0.2) is 0 Å². The van der Waals surface area contributed by atoms with Crippen LogP contribution in [0.5, 0.6) is 0 Å². The van der Waals surface area contributed by atoms with Crippen LogP contribution in [0.15, 0.2) is 61.2 Å². The van der Waals surface area contributed by atoms with E-state index in [1.165, 1.54) is 36.0 Å². The Morgan fingerprint density at radius 3 is 2.42 bits per heavy atom. The Hall–Kier alpha value is -2.60. The highest BCUT2D eigenvalue weighted by molar-refractivity contribution is 8.00. The highest BCUT2D eigenvalue weighted by atomic mass is 32.2. The van der Waals surface area contributed by atoms with Gasteiger partial charge in [-0.05, 0) is 48.9 Å². The molecule has 2 amide bonds. The summed E-state index contributed by atoms with van der Waals surface area (Å²) in [7, 11) is 0. The van der Waals surface area contributed by atoms with Gasteiger partial charge in [0.05, 0.1) is 11.8 Å². The van der Waals surface area contributed by atoms with Crippen LogP contribution in [0.2, 0.25) is 0 Å². The number of carbonyl (C=O) groups is 2. The fourth-order valence-corrected chi connectivity index (χ4v) is 2.81. The molecule has 0 saturated heterocycles. The number of halogens is 1. The van der Waals surface area contributed by atoms with Crippen LogP contribution in [-0.2, 0) is 4.79 Å². The predicted molar refractivity (Wildman–Crippen MR) is 105 cm³/mol. The summed E-state index contributed by atoms with van der Waals surface area (Å²) in [6, 6.07) is 12.5. The summed E-state index contributed by atoms with van der Waals surface area (Å²) < 4.78 is 12.9. The number of anilines is 1. The molecular weight excluding hydrogens is 351 g/mol. The molecule has 0 aliphatic carbocycles. The molecule has 0 saturated carbocycles. The Bertz CT molecular complexity index is 760. The Balaban J connectivity index is 1.90. The fraction of sp³-hybridized carbons (Fsp3) is 0.200. The molecule has 4 nitrogen and oxygen atoms in total. The summed E-state index contributed by atoms with van der Waals surface area (Å²) in [4.78, 5) is 24.0. The third-order valence-corrected chi connectivity index (χ3v) is 4.56. The highest BCUT2D eigenvalue weighted by Gasteiger charge is 2.10. The summed E-state index contributed by atoms with van der Waals surface area (Å²) in [6.45, 7) is 5.52. The second-order valence-corrected chi connectivity index (χ2v) is 6.71. The monoisotopic (exact) mass is 372 g/mol. The Morgan fingerprint density at radius 2 is 1.81 bits per heavy atom. The molecule has 2 aromatic rings. The van der Waals surface area contributed by atoms with Gasteiger partial charge in [0.2, 0.25) is 5.91 Å². The van der Waals surface area contributed by atoms with Gasteiger partial charge in [-0.15, -0.1) is 18.3 Å². The van der Waals surface area contributed by atoms with Gasteiger partial charge < -0.3 is 10.6 Å². The smallest absolute Gasteiger partial charge is 0.255 e. The molecule has 0 aromatic heterocycles. The Morgan fingerprint density at radius 1 is 1.15 bits per heavy atom. The minimum absolute atomic E-state index is 0.0296. The molecule has 2 aromatic carbocycles. The Labute approximate surface area is 156 Å². The van der Waals surface area contributed by atoms with Crippen molar-refractivity contribution in [3.05, 3.63) is 78.1 Å². The maximum atomic E-state index is 12.9. The van der Waals surface area contributed by atoms with Gasteiger partial charge in [-0.25, -0.2) is 4.39 Å². The fourth-order valence-electron chi connectivity index (χ4n) is 2.26. The lowest BCUT2D eigenvalue weighted by molar-refractivity contribution is -0.119. The largest absolute Gasteiger partial charge is 0.349 e. The number of nitrogens with one attached hydrogen (secondary N) is 2. The van der Waals surface area contributed by atoms with Crippen molar-refractivity contribution >= 4 is 29.3 Å². The van der Waals surface area contributed by atoms with E-state index in [0.717, 1.165) is 11.3 Å². The molecule has 26 heavy (non-hydrogen) atoms. The molecule has 0 aliphatic rings. The van der Waals surface area contributed by atoms with Crippen LogP contribution in [0, 0.1) is 5.82 Å². The molecular formula is C20H21FN2O2S. The van der Waals surface area contributed by atoms with E-state index in [1.807, 2.05) is 19.1 Å². The van der Waals surface area contributed by atoms with Gasteiger partial charge in [-0.2, -0.15) is 0 Å². The molecule has 2 rings (SSSR count). The van der Waals surface area contributed by atoms with E-state index < -0.39 is 0 Å². The van der Waals surface area contributed by atoms with Gasteiger partial charge in [0, 0.05) is 17.0 Å². The molecule has 2 N–H and O–H groups in total. The van der Waals surface area contributed by atoms with Crippen molar-refractivity contribution in [1.82, 2.24) is 5.32 Å². The van der Waals surface area contributed by atoms with Crippen LogP contribution in [0.25, 0.3) is 0 Å². The first kappa shape index (κ1) is 19.7. The van der Waals surface area contributed by atoms with Crippen molar-refractivity contribution in [3.8, 4) is 0 Å². The summed E-state index contributed by atoms with van der Waals surface area (Å²) in [6.07, 6.45) is 1.76. The van der Waals surface area contributed by atoms with Crippen molar-refractivity contribution in [1.29, 1.82) is 0 Å². The predicted octanol–water partition coefficient (Wildman–Crippen LogP) is 4.17. The zero-order chi connectivity index (χ0) is 18.9. The number of thioether (sulfide) groups is 1. The van der Waals surface area contributed by atoms with E-state index >= 15 is 0 Å². The molecule has 0 bridgehead atoms. The van der Waals surface area contributed by atoms with Crippen molar-refractivity contribution in [2.45, 2.75) is 13.0 Å². The van der Waals surface area contributed by atoms with E-state index in [2.05, 4.69) is 17.2 Å². The lowest BCUT2D eigenvalue weighted by atomic mass is 10.1. The summed E-state index contributed by atoms with van der Waals surface area (Å²) in [5, 5.41) is 5.69. The molecule has 0 radical (unpaired) electrons.